The van der Waals surface area contributed by atoms with Crippen LogP contribution in [0.25, 0.3) is 0 Å². The summed E-state index contributed by atoms with van der Waals surface area (Å²) >= 11 is 0. The van der Waals surface area contributed by atoms with Crippen molar-refractivity contribution in [3.8, 4) is 5.88 Å². The van der Waals surface area contributed by atoms with Gasteiger partial charge >= 0.3 is 0 Å². The Morgan fingerprint density at radius 3 is 3.00 bits per heavy atom. The van der Waals surface area contributed by atoms with E-state index in [2.05, 4.69) is 20.6 Å². The molecule has 1 atom stereocenters. The van der Waals surface area contributed by atoms with E-state index in [4.69, 9.17) is 4.74 Å². The van der Waals surface area contributed by atoms with Gasteiger partial charge in [0.1, 0.15) is 0 Å². The fourth-order valence-corrected chi connectivity index (χ4v) is 2.48. The molecule has 1 unspecified atom stereocenters. The van der Waals surface area contributed by atoms with Gasteiger partial charge in [0.2, 0.25) is 11.8 Å². The molecule has 2 heterocycles. The lowest BCUT2D eigenvalue weighted by molar-refractivity contribution is 0.232. The fourth-order valence-electron chi connectivity index (χ4n) is 2.48. The van der Waals surface area contributed by atoms with Crippen LogP contribution in [0.5, 0.6) is 5.88 Å². The lowest BCUT2D eigenvalue weighted by atomic mass is 9.96. The first-order chi connectivity index (χ1) is 9.63. The molecule has 5 heteroatoms. The molecule has 0 bridgehead atoms. The van der Waals surface area contributed by atoms with Gasteiger partial charge in [-0.15, -0.1) is 0 Å². The molecule has 2 N–H and O–H groups in total. The Kier molecular flexibility index (Phi) is 5.59. The molecule has 1 fully saturated rings. The van der Waals surface area contributed by atoms with Crippen molar-refractivity contribution in [1.82, 2.24) is 15.3 Å². The van der Waals surface area contributed by atoms with Crippen molar-refractivity contribution in [3.05, 3.63) is 11.8 Å². The van der Waals surface area contributed by atoms with E-state index >= 15 is 0 Å². The quantitative estimate of drug-likeness (QED) is 0.836. The topological polar surface area (TPSA) is 59.1 Å². The van der Waals surface area contributed by atoms with E-state index in [1.54, 1.807) is 0 Å². The van der Waals surface area contributed by atoms with Crippen molar-refractivity contribution >= 4 is 5.95 Å². The average Bonchev–Trinajstić information content (AvgIpc) is 2.38. The predicted octanol–water partition coefficient (Wildman–Crippen LogP) is 2.37. The normalized spacial score (nSPS) is 19.1. The Bertz CT molecular complexity index is 416. The molecule has 1 saturated heterocycles. The second-order valence-corrected chi connectivity index (χ2v) is 5.77. The molecule has 0 spiro atoms. The maximum atomic E-state index is 5.63. The molecular formula is C15H26N4O. The minimum absolute atomic E-state index is 0.130. The summed E-state index contributed by atoms with van der Waals surface area (Å²) in [5.41, 5.74) is 0.928. The molecule has 2 rings (SSSR count). The monoisotopic (exact) mass is 278 g/mol. The second kappa shape index (κ2) is 7.43. The van der Waals surface area contributed by atoms with Gasteiger partial charge in [0, 0.05) is 18.3 Å². The molecule has 0 saturated carbocycles. The van der Waals surface area contributed by atoms with Crippen LogP contribution in [-0.4, -0.2) is 35.7 Å². The number of piperidine rings is 1. The fraction of sp³-hybridized carbons (Fsp3) is 0.733. The van der Waals surface area contributed by atoms with Crippen molar-refractivity contribution in [3.63, 3.8) is 0 Å². The molecule has 5 nitrogen and oxygen atoms in total. The molecule has 1 aliphatic heterocycles. The van der Waals surface area contributed by atoms with Crippen LogP contribution in [0, 0.1) is 12.8 Å². The standard InChI is InChI=1S/C15H26N4O/c1-11(2)20-14-9-12(3)18-15(19-14)17-8-6-13-5-4-7-16-10-13/h9,11,13,16H,4-8,10H2,1-3H3,(H,17,18,19). The van der Waals surface area contributed by atoms with Crippen molar-refractivity contribution in [1.29, 1.82) is 0 Å². The highest BCUT2D eigenvalue weighted by Crippen LogP contribution is 2.16. The third kappa shape index (κ3) is 4.96. The largest absolute Gasteiger partial charge is 0.475 e. The first-order valence-electron chi connectivity index (χ1n) is 7.60. The van der Waals surface area contributed by atoms with Crippen LogP contribution in [0.2, 0.25) is 0 Å². The van der Waals surface area contributed by atoms with Crippen LogP contribution in [0.3, 0.4) is 0 Å². The number of hydrogen-bond donors (Lipinski definition) is 2. The summed E-state index contributed by atoms with van der Waals surface area (Å²) in [5.74, 6) is 2.09. The van der Waals surface area contributed by atoms with E-state index < -0.39 is 0 Å². The van der Waals surface area contributed by atoms with Gasteiger partial charge < -0.3 is 15.4 Å². The molecule has 1 aromatic rings. The molecular weight excluding hydrogens is 252 g/mol. The SMILES string of the molecule is Cc1cc(OC(C)C)nc(NCCC2CCCNC2)n1. The predicted molar refractivity (Wildman–Crippen MR) is 81.2 cm³/mol. The Morgan fingerprint density at radius 2 is 2.30 bits per heavy atom. The minimum atomic E-state index is 0.130. The van der Waals surface area contributed by atoms with E-state index in [9.17, 15) is 0 Å². The molecule has 0 aliphatic carbocycles. The number of ether oxygens (including phenoxy) is 1. The first kappa shape index (κ1) is 15.0. The Hall–Kier alpha value is -1.36. The van der Waals surface area contributed by atoms with Gasteiger partial charge in [-0.25, -0.2) is 4.98 Å². The number of anilines is 1. The van der Waals surface area contributed by atoms with E-state index in [0.717, 1.165) is 31.1 Å². The summed E-state index contributed by atoms with van der Waals surface area (Å²) in [5, 5.41) is 6.76. The van der Waals surface area contributed by atoms with Gasteiger partial charge in [0.25, 0.3) is 0 Å². The lowest BCUT2D eigenvalue weighted by Crippen LogP contribution is -2.30. The van der Waals surface area contributed by atoms with Crippen LogP contribution in [0.1, 0.15) is 38.8 Å². The molecule has 20 heavy (non-hydrogen) atoms. The van der Waals surface area contributed by atoms with Gasteiger partial charge in [-0.1, -0.05) is 0 Å². The number of rotatable bonds is 6. The number of nitrogens with zero attached hydrogens (tertiary/aromatic N) is 2. The van der Waals surface area contributed by atoms with Crippen LogP contribution in [0.4, 0.5) is 5.95 Å². The van der Waals surface area contributed by atoms with Crippen molar-refractivity contribution in [2.75, 3.05) is 25.0 Å². The zero-order valence-corrected chi connectivity index (χ0v) is 12.8. The van der Waals surface area contributed by atoms with Crippen molar-refractivity contribution in [2.24, 2.45) is 5.92 Å². The second-order valence-electron chi connectivity index (χ2n) is 5.77. The lowest BCUT2D eigenvalue weighted by Gasteiger charge is -2.22. The number of aromatic nitrogens is 2. The highest BCUT2D eigenvalue weighted by Gasteiger charge is 2.12. The Labute approximate surface area is 121 Å². The number of hydrogen-bond acceptors (Lipinski definition) is 5. The van der Waals surface area contributed by atoms with E-state index in [0.29, 0.717) is 11.8 Å². The van der Waals surface area contributed by atoms with Crippen molar-refractivity contribution < 1.29 is 4.74 Å². The summed E-state index contributed by atoms with van der Waals surface area (Å²) in [4.78, 5) is 8.80. The summed E-state index contributed by atoms with van der Waals surface area (Å²) in [6.45, 7) is 9.18. The maximum absolute atomic E-state index is 5.63. The Morgan fingerprint density at radius 1 is 1.45 bits per heavy atom. The average molecular weight is 278 g/mol. The zero-order valence-electron chi connectivity index (χ0n) is 12.8. The zero-order chi connectivity index (χ0) is 14.4. The molecule has 1 aliphatic rings. The summed E-state index contributed by atoms with van der Waals surface area (Å²) in [7, 11) is 0. The summed E-state index contributed by atoms with van der Waals surface area (Å²) in [6, 6.07) is 1.87. The molecule has 0 aromatic carbocycles. The number of nitrogens with one attached hydrogen (secondary N) is 2. The number of aryl methyl sites for hydroxylation is 1. The van der Waals surface area contributed by atoms with Gasteiger partial charge in [0.15, 0.2) is 0 Å². The third-order valence-electron chi connectivity index (χ3n) is 3.42. The van der Waals surface area contributed by atoms with Gasteiger partial charge in [-0.05, 0) is 59.0 Å². The molecule has 112 valence electrons. The molecule has 0 amide bonds. The van der Waals surface area contributed by atoms with Crippen LogP contribution >= 0.6 is 0 Å². The van der Waals surface area contributed by atoms with Crippen LogP contribution in [-0.2, 0) is 0 Å². The molecule has 0 radical (unpaired) electrons. The van der Waals surface area contributed by atoms with E-state index in [1.165, 1.54) is 19.4 Å². The minimum Gasteiger partial charge on any atom is -0.475 e. The van der Waals surface area contributed by atoms with E-state index in [1.807, 2.05) is 26.8 Å². The van der Waals surface area contributed by atoms with Crippen molar-refractivity contribution in [2.45, 2.75) is 46.1 Å². The maximum Gasteiger partial charge on any atom is 0.226 e. The van der Waals surface area contributed by atoms with E-state index in [-0.39, 0.29) is 6.10 Å². The Balaban J connectivity index is 1.83. The highest BCUT2D eigenvalue weighted by molar-refractivity contribution is 5.30. The van der Waals surface area contributed by atoms with Gasteiger partial charge in [-0.2, -0.15) is 4.98 Å². The smallest absolute Gasteiger partial charge is 0.226 e. The first-order valence-corrected chi connectivity index (χ1v) is 7.60. The van der Waals surface area contributed by atoms with Gasteiger partial charge in [-0.3, -0.25) is 0 Å². The summed E-state index contributed by atoms with van der Waals surface area (Å²) < 4.78 is 5.63. The van der Waals surface area contributed by atoms with Crippen LogP contribution < -0.4 is 15.4 Å². The van der Waals surface area contributed by atoms with Gasteiger partial charge in [0.05, 0.1) is 6.10 Å². The molecule has 1 aromatic heterocycles. The highest BCUT2D eigenvalue weighted by atomic mass is 16.5. The third-order valence-corrected chi connectivity index (χ3v) is 3.42. The summed E-state index contributed by atoms with van der Waals surface area (Å²) in [6.07, 6.45) is 3.90. The van der Waals surface area contributed by atoms with Crippen LogP contribution in [0.15, 0.2) is 6.07 Å².